The van der Waals surface area contributed by atoms with Crippen LogP contribution >= 0.6 is 34.4 Å². The first-order chi connectivity index (χ1) is 23.4. The lowest BCUT2D eigenvalue weighted by atomic mass is 9.88. The Morgan fingerprint density at radius 1 is 1.00 bits per heavy atom. The number of nitrogens with zero attached hydrogens (tertiary/aromatic N) is 2. The number of carbonyl (C=O) groups excluding carboxylic acids is 2. The number of ether oxygens (including phenoxy) is 1. The van der Waals surface area contributed by atoms with Crippen molar-refractivity contribution >= 4 is 61.5 Å². The molecule has 0 fully saturated rings. The van der Waals surface area contributed by atoms with Gasteiger partial charge in [0, 0.05) is 9.75 Å². The van der Waals surface area contributed by atoms with Crippen LogP contribution in [0, 0.1) is 5.92 Å². The first-order valence-corrected chi connectivity index (χ1v) is 18.4. The smallest absolute Gasteiger partial charge is 0.341 e. The number of thioether (sulfide) groups is 1. The first kappa shape index (κ1) is 32.1. The molecule has 2 unspecified atom stereocenters. The highest BCUT2D eigenvalue weighted by Gasteiger charge is 2.32. The SMILES string of the molecule is CCOC(=O)c1c(NC(=O)C(Sc2nc3sc(-c4ccccc4)cc3c(=O)n2-c2ccccc2)c2ccccc2)sc2c1CCC(C)C2. The number of hydrogen-bond acceptors (Lipinski definition) is 8. The number of nitrogens with one attached hydrogen (secondary N) is 1. The van der Waals surface area contributed by atoms with Crippen LogP contribution in [0.5, 0.6) is 0 Å². The Kier molecular flexibility index (Phi) is 9.30. The van der Waals surface area contributed by atoms with Gasteiger partial charge in [0.2, 0.25) is 5.91 Å². The van der Waals surface area contributed by atoms with Gasteiger partial charge in [0.1, 0.15) is 15.1 Å². The third-order valence-electron chi connectivity index (χ3n) is 8.40. The lowest BCUT2D eigenvalue weighted by molar-refractivity contribution is -0.115. The van der Waals surface area contributed by atoms with Crippen LogP contribution in [0.3, 0.4) is 0 Å². The molecule has 2 atom stereocenters. The lowest BCUT2D eigenvalue weighted by Crippen LogP contribution is -2.24. The Balaban J connectivity index is 1.33. The second-order valence-electron chi connectivity index (χ2n) is 11.7. The number of thiophene rings is 2. The molecule has 3 heterocycles. The number of benzene rings is 3. The van der Waals surface area contributed by atoms with Crippen LogP contribution in [0.15, 0.2) is 107 Å². The van der Waals surface area contributed by atoms with Crippen LogP contribution < -0.4 is 10.9 Å². The maximum Gasteiger partial charge on any atom is 0.341 e. The van der Waals surface area contributed by atoms with E-state index in [1.54, 1.807) is 11.5 Å². The Labute approximate surface area is 290 Å². The number of hydrogen-bond donors (Lipinski definition) is 1. The normalized spacial score (nSPS) is 14.8. The van der Waals surface area contributed by atoms with Crippen molar-refractivity contribution in [3.63, 3.8) is 0 Å². The predicted molar refractivity (Wildman–Crippen MR) is 196 cm³/mol. The minimum absolute atomic E-state index is 0.205. The molecule has 48 heavy (non-hydrogen) atoms. The molecule has 0 radical (unpaired) electrons. The zero-order chi connectivity index (χ0) is 33.2. The topological polar surface area (TPSA) is 90.3 Å². The summed E-state index contributed by atoms with van der Waals surface area (Å²) in [5.74, 6) is -0.230. The van der Waals surface area contributed by atoms with Gasteiger partial charge in [-0.3, -0.25) is 14.2 Å². The molecule has 242 valence electrons. The summed E-state index contributed by atoms with van der Waals surface area (Å²) >= 11 is 4.13. The van der Waals surface area contributed by atoms with Crippen molar-refractivity contribution in [2.45, 2.75) is 43.5 Å². The summed E-state index contributed by atoms with van der Waals surface area (Å²) in [5.41, 5.74) is 3.65. The third-order valence-corrected chi connectivity index (χ3v) is 11.9. The van der Waals surface area contributed by atoms with Gasteiger partial charge in [-0.2, -0.15) is 0 Å². The zero-order valence-electron chi connectivity index (χ0n) is 26.5. The number of amides is 1. The van der Waals surface area contributed by atoms with Gasteiger partial charge < -0.3 is 10.1 Å². The number of fused-ring (bicyclic) bond motifs is 2. The highest BCUT2D eigenvalue weighted by Crippen LogP contribution is 2.43. The van der Waals surface area contributed by atoms with Crippen molar-refractivity contribution in [1.82, 2.24) is 9.55 Å². The van der Waals surface area contributed by atoms with Crippen LogP contribution in [0.4, 0.5) is 5.00 Å². The largest absolute Gasteiger partial charge is 0.462 e. The van der Waals surface area contributed by atoms with Gasteiger partial charge in [-0.15, -0.1) is 22.7 Å². The molecule has 0 aliphatic heterocycles. The van der Waals surface area contributed by atoms with E-state index in [2.05, 4.69) is 12.2 Å². The van der Waals surface area contributed by atoms with Crippen molar-refractivity contribution in [2.24, 2.45) is 5.92 Å². The lowest BCUT2D eigenvalue weighted by Gasteiger charge is -2.19. The van der Waals surface area contributed by atoms with Crippen LogP contribution in [-0.4, -0.2) is 28.0 Å². The number of esters is 1. The van der Waals surface area contributed by atoms with E-state index in [0.29, 0.717) is 37.5 Å². The van der Waals surface area contributed by atoms with E-state index < -0.39 is 11.2 Å². The molecular formula is C38H33N3O4S3. The second-order valence-corrected chi connectivity index (χ2v) is 14.9. The first-order valence-electron chi connectivity index (χ1n) is 15.9. The highest BCUT2D eigenvalue weighted by molar-refractivity contribution is 8.00. The van der Waals surface area contributed by atoms with Gasteiger partial charge >= 0.3 is 5.97 Å². The Morgan fingerprint density at radius 2 is 1.69 bits per heavy atom. The fourth-order valence-electron chi connectivity index (χ4n) is 6.03. The average Bonchev–Trinajstić information content (AvgIpc) is 3.70. The monoisotopic (exact) mass is 691 g/mol. The average molecular weight is 692 g/mol. The Hall–Kier alpha value is -4.51. The molecule has 1 amide bonds. The number of para-hydroxylation sites is 1. The van der Waals surface area contributed by atoms with Crippen LogP contribution in [0.1, 0.15) is 51.9 Å². The number of aromatic nitrogens is 2. The van der Waals surface area contributed by atoms with Gasteiger partial charge in [0.15, 0.2) is 5.16 Å². The minimum atomic E-state index is -0.785. The van der Waals surface area contributed by atoms with Crippen molar-refractivity contribution in [3.05, 3.63) is 129 Å². The van der Waals surface area contributed by atoms with Crippen molar-refractivity contribution in [2.75, 3.05) is 11.9 Å². The number of anilines is 1. The van der Waals surface area contributed by atoms with Crippen LogP contribution in [0.25, 0.3) is 26.3 Å². The maximum absolute atomic E-state index is 14.4. The summed E-state index contributed by atoms with van der Waals surface area (Å²) in [6.07, 6.45) is 2.61. The van der Waals surface area contributed by atoms with Crippen LogP contribution in [0.2, 0.25) is 0 Å². The van der Waals surface area contributed by atoms with Crippen molar-refractivity contribution in [3.8, 4) is 16.1 Å². The summed E-state index contributed by atoms with van der Waals surface area (Å²) in [7, 11) is 0. The van der Waals surface area contributed by atoms with E-state index in [-0.39, 0.29) is 18.1 Å². The third kappa shape index (κ3) is 6.35. The van der Waals surface area contributed by atoms with E-state index in [4.69, 9.17) is 9.72 Å². The van der Waals surface area contributed by atoms with E-state index in [9.17, 15) is 14.4 Å². The molecule has 3 aromatic heterocycles. The van der Waals surface area contributed by atoms with Gasteiger partial charge in [-0.25, -0.2) is 9.78 Å². The Morgan fingerprint density at radius 3 is 2.40 bits per heavy atom. The molecular weight excluding hydrogens is 659 g/mol. The molecule has 1 aliphatic carbocycles. The van der Waals surface area contributed by atoms with E-state index in [1.807, 2.05) is 97.1 Å². The molecule has 0 saturated carbocycles. The van der Waals surface area contributed by atoms with Gasteiger partial charge in [0.05, 0.1) is 23.2 Å². The molecule has 3 aromatic carbocycles. The van der Waals surface area contributed by atoms with E-state index in [1.165, 1.54) is 34.4 Å². The highest BCUT2D eigenvalue weighted by atomic mass is 32.2. The fraction of sp³-hybridized carbons (Fsp3) is 0.211. The number of rotatable bonds is 9. The molecule has 6 aromatic rings. The fourth-order valence-corrected chi connectivity index (χ4v) is 9.63. The molecule has 7 nitrogen and oxygen atoms in total. The zero-order valence-corrected chi connectivity index (χ0v) is 28.9. The maximum atomic E-state index is 14.4. The van der Waals surface area contributed by atoms with Gasteiger partial charge in [-0.05, 0) is 67.0 Å². The summed E-state index contributed by atoms with van der Waals surface area (Å²) in [6.45, 7) is 4.24. The molecule has 7 rings (SSSR count). The van der Waals surface area contributed by atoms with Gasteiger partial charge in [-0.1, -0.05) is 97.5 Å². The Bertz CT molecular complexity index is 2160. The molecule has 0 saturated heterocycles. The minimum Gasteiger partial charge on any atom is -0.462 e. The summed E-state index contributed by atoms with van der Waals surface area (Å²) < 4.78 is 7.05. The van der Waals surface area contributed by atoms with Crippen LogP contribution in [-0.2, 0) is 22.4 Å². The molecule has 0 bridgehead atoms. The van der Waals surface area contributed by atoms with Crippen molar-refractivity contribution < 1.29 is 14.3 Å². The molecule has 1 N–H and O–H groups in total. The summed E-state index contributed by atoms with van der Waals surface area (Å²) in [6, 6.07) is 30.7. The summed E-state index contributed by atoms with van der Waals surface area (Å²) in [4.78, 5) is 49.6. The molecule has 1 aliphatic rings. The van der Waals surface area contributed by atoms with E-state index >= 15 is 0 Å². The van der Waals surface area contributed by atoms with E-state index in [0.717, 1.165) is 45.7 Å². The number of carbonyl (C=O) groups is 2. The second kappa shape index (κ2) is 13.9. The molecule has 0 spiro atoms. The van der Waals surface area contributed by atoms with Gasteiger partial charge in [0.25, 0.3) is 5.56 Å². The quantitative estimate of drug-likeness (QED) is 0.0925. The molecule has 10 heteroatoms. The predicted octanol–water partition coefficient (Wildman–Crippen LogP) is 8.95. The standard InChI is InChI=1S/C38H33N3O4S3/c1-3-45-37(44)31-27-20-19-23(2)21-30(27)47-35(31)39-33(42)32(25-15-9-5-10-16-25)48-38-40-34-28(22-29(46-34)24-13-7-4-8-14-24)36(43)41(38)26-17-11-6-12-18-26/h4-18,22-23,32H,3,19-21H2,1-2H3,(H,39,42). The van der Waals surface area contributed by atoms with Crippen molar-refractivity contribution in [1.29, 1.82) is 0 Å². The summed E-state index contributed by atoms with van der Waals surface area (Å²) in [5, 5.41) is 3.76.